The molecule has 1 saturated heterocycles. The molecule has 1 aromatic rings. The van der Waals surface area contributed by atoms with Crippen LogP contribution in [0.15, 0.2) is 22.7 Å². The third-order valence-corrected chi connectivity index (χ3v) is 3.64. The van der Waals surface area contributed by atoms with E-state index in [2.05, 4.69) is 21.2 Å². The van der Waals surface area contributed by atoms with Crippen molar-refractivity contribution in [1.29, 1.82) is 0 Å². The lowest BCUT2D eigenvalue weighted by molar-refractivity contribution is -0.124. The molecular formula is C11H11BrClNO2. The van der Waals surface area contributed by atoms with E-state index in [1.165, 1.54) is 0 Å². The van der Waals surface area contributed by atoms with Gasteiger partial charge in [-0.2, -0.15) is 0 Å². The lowest BCUT2D eigenvalue weighted by atomic mass is 10.2. The highest BCUT2D eigenvalue weighted by atomic mass is 79.9. The van der Waals surface area contributed by atoms with Gasteiger partial charge in [0, 0.05) is 16.8 Å². The summed E-state index contributed by atoms with van der Waals surface area (Å²) in [6, 6.07) is 5.30. The zero-order valence-electron chi connectivity index (χ0n) is 8.50. The van der Waals surface area contributed by atoms with Gasteiger partial charge in [-0.3, -0.25) is 4.79 Å². The van der Waals surface area contributed by atoms with Crippen molar-refractivity contribution >= 4 is 39.1 Å². The Labute approximate surface area is 107 Å². The fourth-order valence-corrected chi connectivity index (χ4v) is 2.01. The van der Waals surface area contributed by atoms with Crippen LogP contribution in [0.5, 0.6) is 0 Å². The first-order valence-corrected chi connectivity index (χ1v) is 6.21. The minimum Gasteiger partial charge on any atom is -0.368 e. The third-order valence-electron chi connectivity index (χ3n) is 2.41. The van der Waals surface area contributed by atoms with Crippen LogP contribution >= 0.6 is 27.5 Å². The second kappa shape index (κ2) is 5.17. The minimum atomic E-state index is -0.317. The highest BCUT2D eigenvalue weighted by Gasteiger charge is 2.23. The van der Waals surface area contributed by atoms with Gasteiger partial charge in [-0.05, 0) is 47.0 Å². The van der Waals surface area contributed by atoms with E-state index in [1.807, 2.05) is 0 Å². The van der Waals surface area contributed by atoms with Crippen molar-refractivity contribution < 1.29 is 9.53 Å². The lowest BCUT2D eigenvalue weighted by Crippen LogP contribution is -2.26. The molecule has 3 nitrogen and oxygen atoms in total. The summed E-state index contributed by atoms with van der Waals surface area (Å²) < 4.78 is 6.10. The Morgan fingerprint density at radius 3 is 3.00 bits per heavy atom. The molecule has 16 heavy (non-hydrogen) atoms. The third kappa shape index (κ3) is 2.75. The van der Waals surface area contributed by atoms with Gasteiger partial charge in [0.2, 0.25) is 0 Å². The molecule has 1 N–H and O–H groups in total. The van der Waals surface area contributed by atoms with Crippen molar-refractivity contribution in [3.63, 3.8) is 0 Å². The molecule has 1 heterocycles. The first-order valence-electron chi connectivity index (χ1n) is 5.04. The molecule has 1 aromatic carbocycles. The Morgan fingerprint density at radius 1 is 1.56 bits per heavy atom. The highest BCUT2D eigenvalue weighted by molar-refractivity contribution is 9.10. The quantitative estimate of drug-likeness (QED) is 0.911. The maximum atomic E-state index is 11.7. The molecule has 0 unspecified atom stereocenters. The van der Waals surface area contributed by atoms with E-state index in [0.717, 1.165) is 17.3 Å². The Hall–Kier alpha value is -0.580. The number of amides is 1. The Kier molecular flexibility index (Phi) is 3.84. The molecule has 0 aromatic heterocycles. The molecule has 0 aliphatic carbocycles. The van der Waals surface area contributed by atoms with Crippen molar-refractivity contribution in [2.24, 2.45) is 0 Å². The van der Waals surface area contributed by atoms with Gasteiger partial charge < -0.3 is 10.1 Å². The average Bonchev–Trinajstić information content (AvgIpc) is 2.77. The molecule has 0 radical (unpaired) electrons. The number of carbonyl (C=O) groups excluding carboxylic acids is 1. The summed E-state index contributed by atoms with van der Waals surface area (Å²) in [4.78, 5) is 11.7. The molecular weight excluding hydrogens is 293 g/mol. The molecule has 0 bridgehead atoms. The molecule has 2 rings (SSSR count). The van der Waals surface area contributed by atoms with Crippen molar-refractivity contribution in [2.45, 2.75) is 18.9 Å². The molecule has 0 saturated carbocycles. The van der Waals surface area contributed by atoms with Crippen LogP contribution in [0.25, 0.3) is 0 Å². The standard InChI is InChI=1S/C11H11BrClNO2/c12-8-4-3-7(6-9(8)13)14-11(15)10-2-1-5-16-10/h3-4,6,10H,1-2,5H2,(H,14,15)/t10-/m0/s1. The number of rotatable bonds is 2. The summed E-state index contributed by atoms with van der Waals surface area (Å²) in [5.74, 6) is -0.101. The number of benzene rings is 1. The van der Waals surface area contributed by atoms with Gasteiger partial charge >= 0.3 is 0 Å². The molecule has 1 amide bonds. The number of hydrogen-bond acceptors (Lipinski definition) is 2. The summed E-state index contributed by atoms with van der Waals surface area (Å²) in [6.07, 6.45) is 1.41. The van der Waals surface area contributed by atoms with Crippen molar-refractivity contribution in [3.05, 3.63) is 27.7 Å². The fourth-order valence-electron chi connectivity index (χ4n) is 1.58. The summed E-state index contributed by atoms with van der Waals surface area (Å²) in [5.41, 5.74) is 0.689. The highest BCUT2D eigenvalue weighted by Crippen LogP contribution is 2.26. The maximum Gasteiger partial charge on any atom is 0.253 e. The number of nitrogens with one attached hydrogen (secondary N) is 1. The summed E-state index contributed by atoms with van der Waals surface area (Å²) in [6.45, 7) is 0.666. The molecule has 1 fully saturated rings. The van der Waals surface area contributed by atoms with E-state index >= 15 is 0 Å². The normalized spacial score (nSPS) is 19.8. The van der Waals surface area contributed by atoms with Crippen LogP contribution in [0.1, 0.15) is 12.8 Å². The van der Waals surface area contributed by atoms with Crippen molar-refractivity contribution in [3.8, 4) is 0 Å². The molecule has 1 atom stereocenters. The lowest BCUT2D eigenvalue weighted by Gasteiger charge is -2.10. The van der Waals surface area contributed by atoms with Crippen molar-refractivity contribution in [1.82, 2.24) is 0 Å². The van der Waals surface area contributed by atoms with Gasteiger partial charge in [0.05, 0.1) is 5.02 Å². The van der Waals surface area contributed by atoms with Crippen LogP contribution in [0.4, 0.5) is 5.69 Å². The van der Waals surface area contributed by atoms with E-state index in [1.54, 1.807) is 18.2 Å². The molecule has 1 aliphatic rings. The van der Waals surface area contributed by atoms with Crippen molar-refractivity contribution in [2.75, 3.05) is 11.9 Å². The molecule has 0 spiro atoms. The molecule has 5 heteroatoms. The summed E-state index contributed by atoms with van der Waals surface area (Å²) in [7, 11) is 0. The second-order valence-corrected chi connectivity index (χ2v) is 4.88. The average molecular weight is 305 g/mol. The predicted octanol–water partition coefficient (Wildman–Crippen LogP) is 3.22. The van der Waals surface area contributed by atoms with Crippen LogP contribution in [0.2, 0.25) is 5.02 Å². The van der Waals surface area contributed by atoms with Gasteiger partial charge in [-0.25, -0.2) is 0 Å². The van der Waals surface area contributed by atoms with Gasteiger partial charge in [-0.1, -0.05) is 11.6 Å². The van der Waals surface area contributed by atoms with Crippen LogP contribution in [-0.2, 0) is 9.53 Å². The number of hydrogen-bond donors (Lipinski definition) is 1. The number of carbonyl (C=O) groups is 1. The van der Waals surface area contributed by atoms with E-state index in [0.29, 0.717) is 17.3 Å². The minimum absolute atomic E-state index is 0.101. The molecule has 86 valence electrons. The molecule has 1 aliphatic heterocycles. The fraction of sp³-hybridized carbons (Fsp3) is 0.364. The SMILES string of the molecule is O=C(Nc1ccc(Br)c(Cl)c1)[C@@H]1CCCO1. The number of halogens is 2. The van der Waals surface area contributed by atoms with Gasteiger partial charge in [0.25, 0.3) is 5.91 Å². The van der Waals surface area contributed by atoms with Gasteiger partial charge in [0.15, 0.2) is 0 Å². The Morgan fingerprint density at radius 2 is 2.38 bits per heavy atom. The number of ether oxygens (including phenoxy) is 1. The monoisotopic (exact) mass is 303 g/mol. The van der Waals surface area contributed by atoms with Crippen LogP contribution in [-0.4, -0.2) is 18.6 Å². The van der Waals surface area contributed by atoms with E-state index in [9.17, 15) is 4.79 Å². The van der Waals surface area contributed by atoms with E-state index in [-0.39, 0.29) is 12.0 Å². The van der Waals surface area contributed by atoms with E-state index in [4.69, 9.17) is 16.3 Å². The summed E-state index contributed by atoms with van der Waals surface area (Å²) >= 11 is 9.22. The first kappa shape index (κ1) is 11.9. The zero-order chi connectivity index (χ0) is 11.5. The largest absolute Gasteiger partial charge is 0.368 e. The van der Waals surface area contributed by atoms with E-state index < -0.39 is 0 Å². The van der Waals surface area contributed by atoms with Crippen LogP contribution < -0.4 is 5.32 Å². The number of anilines is 1. The Bertz CT molecular complexity index is 405. The maximum absolute atomic E-state index is 11.7. The van der Waals surface area contributed by atoms with Crippen LogP contribution in [0, 0.1) is 0 Å². The second-order valence-electron chi connectivity index (χ2n) is 3.62. The Balaban J connectivity index is 2.02. The van der Waals surface area contributed by atoms with Crippen LogP contribution in [0.3, 0.4) is 0 Å². The zero-order valence-corrected chi connectivity index (χ0v) is 10.8. The topological polar surface area (TPSA) is 38.3 Å². The first-order chi connectivity index (χ1) is 7.66. The van der Waals surface area contributed by atoms with Gasteiger partial charge in [0.1, 0.15) is 6.10 Å². The predicted molar refractivity (Wildman–Crippen MR) is 66.8 cm³/mol. The van der Waals surface area contributed by atoms with Gasteiger partial charge in [-0.15, -0.1) is 0 Å². The smallest absolute Gasteiger partial charge is 0.253 e. The summed E-state index contributed by atoms with van der Waals surface area (Å²) in [5, 5.41) is 3.36.